The number of guanidine groups is 1. The minimum atomic E-state index is -0.122. The molecule has 8 heteroatoms. The molecule has 0 unspecified atom stereocenters. The van der Waals surface area contributed by atoms with Gasteiger partial charge in [-0.15, -0.1) is 24.0 Å². The van der Waals surface area contributed by atoms with Crippen LogP contribution in [-0.2, 0) is 24.2 Å². The second-order valence-electron chi connectivity index (χ2n) is 6.00. The highest BCUT2D eigenvalue weighted by atomic mass is 127. The number of fused-ring (bicyclic) bond motifs is 1. The number of hydrogen-bond donors (Lipinski definition) is 3. The van der Waals surface area contributed by atoms with E-state index in [0.29, 0.717) is 12.5 Å². The van der Waals surface area contributed by atoms with Crippen LogP contribution in [0.2, 0.25) is 0 Å². The molecule has 1 aromatic heterocycles. The van der Waals surface area contributed by atoms with Crippen LogP contribution in [0, 0.1) is 0 Å². The van der Waals surface area contributed by atoms with Gasteiger partial charge in [-0.2, -0.15) is 0 Å². The maximum atomic E-state index is 11.9. The second kappa shape index (κ2) is 10.8. The molecule has 3 rings (SSSR count). The lowest BCUT2D eigenvalue weighted by Crippen LogP contribution is -2.43. The molecule has 3 N–H and O–H groups in total. The molecule has 1 aromatic carbocycles. The second-order valence-corrected chi connectivity index (χ2v) is 6.00. The summed E-state index contributed by atoms with van der Waals surface area (Å²) in [5, 5.41) is 9.00. The van der Waals surface area contributed by atoms with Crippen molar-refractivity contribution in [1.29, 1.82) is 0 Å². The first-order valence-corrected chi connectivity index (χ1v) is 8.73. The number of aliphatic imine (C=N–C) groups is 1. The first-order chi connectivity index (χ1) is 12.7. The van der Waals surface area contributed by atoms with Crippen LogP contribution in [0.15, 0.2) is 46.0 Å². The van der Waals surface area contributed by atoms with Gasteiger partial charge in [0.15, 0.2) is 5.96 Å². The predicted octanol–water partition coefficient (Wildman–Crippen LogP) is 1.86. The summed E-state index contributed by atoms with van der Waals surface area (Å²) < 4.78 is 10.7. The van der Waals surface area contributed by atoms with Gasteiger partial charge < -0.3 is 25.1 Å². The molecular weight excluding hydrogens is 459 g/mol. The number of nitrogens with zero attached hydrogens (tertiary/aromatic N) is 1. The molecule has 0 atom stereocenters. The summed E-state index contributed by atoms with van der Waals surface area (Å²) in [7, 11) is 1.68. The summed E-state index contributed by atoms with van der Waals surface area (Å²) >= 11 is 0. The molecule has 0 saturated carbocycles. The number of carbonyl (C=O) groups is 1. The number of hydrogen-bond acceptors (Lipinski definition) is 4. The molecule has 27 heavy (non-hydrogen) atoms. The van der Waals surface area contributed by atoms with E-state index >= 15 is 0 Å². The Morgan fingerprint density at radius 2 is 2.11 bits per heavy atom. The minimum Gasteiger partial charge on any atom is -0.493 e. The number of nitrogens with one attached hydrogen (secondary N) is 3. The van der Waals surface area contributed by atoms with Crippen molar-refractivity contribution in [3.63, 3.8) is 0 Å². The number of carbonyl (C=O) groups excluding carboxylic acids is 1. The molecule has 1 aliphatic rings. The van der Waals surface area contributed by atoms with Gasteiger partial charge in [-0.3, -0.25) is 9.79 Å². The van der Waals surface area contributed by atoms with Gasteiger partial charge >= 0.3 is 0 Å². The van der Waals surface area contributed by atoms with E-state index in [1.54, 1.807) is 19.4 Å². The Morgan fingerprint density at radius 1 is 1.22 bits per heavy atom. The van der Waals surface area contributed by atoms with Crippen LogP contribution in [0.4, 0.5) is 0 Å². The lowest BCUT2D eigenvalue weighted by Gasteiger charge is -2.12. The van der Waals surface area contributed by atoms with E-state index in [4.69, 9.17) is 9.15 Å². The molecule has 7 nitrogen and oxygen atoms in total. The predicted molar refractivity (Wildman–Crippen MR) is 115 cm³/mol. The van der Waals surface area contributed by atoms with E-state index in [9.17, 15) is 4.79 Å². The highest BCUT2D eigenvalue weighted by Gasteiger charge is 2.11. The molecule has 0 radical (unpaired) electrons. The fourth-order valence-electron chi connectivity index (χ4n) is 2.77. The zero-order valence-corrected chi connectivity index (χ0v) is 17.6. The zero-order chi connectivity index (χ0) is 18.2. The van der Waals surface area contributed by atoms with Crippen molar-refractivity contribution >= 4 is 35.8 Å². The molecule has 0 aliphatic carbocycles. The van der Waals surface area contributed by atoms with Crippen LogP contribution >= 0.6 is 24.0 Å². The summed E-state index contributed by atoms with van der Waals surface area (Å²) in [4.78, 5) is 16.0. The Kier molecular flexibility index (Phi) is 8.43. The SMILES string of the molecule is CN=C(NCCc1ccc2c(c1)CCO2)NCC(=O)NCc1ccco1.I. The van der Waals surface area contributed by atoms with Crippen molar-refractivity contribution < 1.29 is 13.9 Å². The van der Waals surface area contributed by atoms with Crippen molar-refractivity contribution in [2.45, 2.75) is 19.4 Å². The van der Waals surface area contributed by atoms with E-state index in [2.05, 4.69) is 33.1 Å². The van der Waals surface area contributed by atoms with E-state index < -0.39 is 0 Å². The van der Waals surface area contributed by atoms with Crippen LogP contribution in [0.25, 0.3) is 0 Å². The van der Waals surface area contributed by atoms with Gasteiger partial charge in [0.2, 0.25) is 5.91 Å². The van der Waals surface area contributed by atoms with Crippen LogP contribution in [0.1, 0.15) is 16.9 Å². The fourth-order valence-corrected chi connectivity index (χ4v) is 2.77. The molecule has 0 spiro atoms. The quantitative estimate of drug-likeness (QED) is 0.317. The van der Waals surface area contributed by atoms with Gasteiger partial charge in [0.1, 0.15) is 11.5 Å². The van der Waals surface area contributed by atoms with Crippen molar-refractivity contribution in [3.8, 4) is 5.75 Å². The largest absolute Gasteiger partial charge is 0.493 e. The third kappa shape index (κ3) is 6.46. The summed E-state index contributed by atoms with van der Waals surface area (Å²) in [6, 6.07) is 9.93. The number of furan rings is 1. The lowest BCUT2D eigenvalue weighted by atomic mass is 10.1. The molecule has 2 aromatic rings. The average Bonchev–Trinajstić information content (AvgIpc) is 3.33. The molecule has 146 valence electrons. The Morgan fingerprint density at radius 3 is 2.89 bits per heavy atom. The minimum absolute atomic E-state index is 0. The monoisotopic (exact) mass is 484 g/mol. The van der Waals surface area contributed by atoms with Crippen LogP contribution < -0.4 is 20.7 Å². The van der Waals surface area contributed by atoms with Crippen LogP contribution in [-0.4, -0.2) is 38.6 Å². The summed E-state index contributed by atoms with van der Waals surface area (Å²) in [6.45, 7) is 2.03. The van der Waals surface area contributed by atoms with E-state index in [-0.39, 0.29) is 36.4 Å². The normalized spacial score (nSPS) is 12.6. The molecule has 1 amide bonds. The number of ether oxygens (including phenoxy) is 1. The standard InChI is InChI=1S/C19H24N4O3.HI/c1-20-19(23-13-18(24)22-12-16-3-2-9-25-16)21-8-6-14-4-5-17-15(11-14)7-10-26-17;/h2-5,9,11H,6-8,10,12-13H2,1H3,(H,22,24)(H2,20,21,23);1H. The van der Waals surface area contributed by atoms with Crippen molar-refractivity contribution in [3.05, 3.63) is 53.5 Å². The highest BCUT2D eigenvalue weighted by molar-refractivity contribution is 14.0. The Labute approximate surface area is 176 Å². The van der Waals surface area contributed by atoms with Gasteiger partial charge in [0, 0.05) is 20.0 Å². The van der Waals surface area contributed by atoms with Gasteiger partial charge in [-0.1, -0.05) is 12.1 Å². The third-order valence-corrected chi connectivity index (χ3v) is 4.14. The number of rotatable bonds is 7. The Hall–Kier alpha value is -2.23. The topological polar surface area (TPSA) is 87.9 Å². The molecule has 2 heterocycles. The molecule has 0 bridgehead atoms. The molecular formula is C19H25IN4O3. The zero-order valence-electron chi connectivity index (χ0n) is 15.3. The highest BCUT2D eigenvalue weighted by Crippen LogP contribution is 2.25. The summed E-state index contributed by atoms with van der Waals surface area (Å²) in [6.07, 6.45) is 3.44. The van der Waals surface area contributed by atoms with Gasteiger partial charge in [-0.05, 0) is 35.7 Å². The Balaban J connectivity index is 0.00000261. The van der Waals surface area contributed by atoms with Crippen molar-refractivity contribution in [1.82, 2.24) is 16.0 Å². The van der Waals surface area contributed by atoms with E-state index in [1.807, 2.05) is 12.1 Å². The third-order valence-electron chi connectivity index (χ3n) is 4.14. The maximum Gasteiger partial charge on any atom is 0.239 e. The molecule has 1 aliphatic heterocycles. The smallest absolute Gasteiger partial charge is 0.239 e. The fraction of sp³-hybridized carbons (Fsp3) is 0.368. The van der Waals surface area contributed by atoms with E-state index in [1.165, 1.54) is 11.1 Å². The number of amides is 1. The van der Waals surface area contributed by atoms with Gasteiger partial charge in [0.25, 0.3) is 0 Å². The first kappa shape index (κ1) is 21.1. The molecule has 0 saturated heterocycles. The summed E-state index contributed by atoms with van der Waals surface area (Å²) in [5.41, 5.74) is 2.53. The van der Waals surface area contributed by atoms with E-state index in [0.717, 1.165) is 37.5 Å². The molecule has 0 fully saturated rings. The lowest BCUT2D eigenvalue weighted by molar-refractivity contribution is -0.120. The average molecular weight is 484 g/mol. The van der Waals surface area contributed by atoms with Gasteiger partial charge in [-0.25, -0.2) is 0 Å². The van der Waals surface area contributed by atoms with Crippen LogP contribution in [0.3, 0.4) is 0 Å². The summed E-state index contributed by atoms with van der Waals surface area (Å²) in [5.74, 6) is 2.20. The van der Waals surface area contributed by atoms with Crippen LogP contribution in [0.5, 0.6) is 5.75 Å². The maximum absolute atomic E-state index is 11.9. The van der Waals surface area contributed by atoms with Crippen molar-refractivity contribution in [2.75, 3.05) is 26.7 Å². The van der Waals surface area contributed by atoms with Gasteiger partial charge in [0.05, 0.1) is 26.0 Å². The number of benzene rings is 1. The first-order valence-electron chi connectivity index (χ1n) is 8.73. The van der Waals surface area contributed by atoms with Crippen molar-refractivity contribution in [2.24, 2.45) is 4.99 Å². The number of halogens is 1. The Bertz CT molecular complexity index is 762.